The first kappa shape index (κ1) is 15.4. The van der Waals surface area contributed by atoms with Crippen molar-refractivity contribution in [1.82, 2.24) is 20.3 Å². The van der Waals surface area contributed by atoms with Crippen LogP contribution in [0.25, 0.3) is 11.0 Å². The van der Waals surface area contributed by atoms with E-state index in [4.69, 9.17) is 4.74 Å². The number of H-pyrrole nitrogens is 1. The zero-order valence-corrected chi connectivity index (χ0v) is 14.1. The summed E-state index contributed by atoms with van der Waals surface area (Å²) in [4.78, 5) is 15.3. The molecule has 0 radical (unpaired) electrons. The molecule has 1 unspecified atom stereocenters. The molecule has 6 heteroatoms. The maximum atomic E-state index is 13.2. The molecule has 1 atom stereocenters. The van der Waals surface area contributed by atoms with Crippen LogP contribution in [0.4, 0.5) is 0 Å². The molecule has 0 bridgehead atoms. The number of ether oxygens (including phenoxy) is 1. The third kappa shape index (κ3) is 2.64. The van der Waals surface area contributed by atoms with Crippen molar-refractivity contribution in [1.29, 1.82) is 0 Å². The van der Waals surface area contributed by atoms with Crippen molar-refractivity contribution >= 4 is 16.9 Å². The van der Waals surface area contributed by atoms with Crippen LogP contribution in [0.1, 0.15) is 55.3 Å². The molecule has 1 amide bonds. The monoisotopic (exact) mass is 328 g/mol. The van der Waals surface area contributed by atoms with Gasteiger partial charge in [-0.1, -0.05) is 19.3 Å². The van der Waals surface area contributed by atoms with Gasteiger partial charge in [-0.2, -0.15) is 15.4 Å². The number of aromatic amines is 1. The summed E-state index contributed by atoms with van der Waals surface area (Å²) in [6.45, 7) is 0.847. The van der Waals surface area contributed by atoms with E-state index >= 15 is 0 Å². The first-order valence-corrected chi connectivity index (χ1v) is 8.97. The lowest BCUT2D eigenvalue weighted by molar-refractivity contribution is 0.0658. The Bertz CT molecular complexity index is 736. The number of carbonyl (C=O) groups is 1. The molecule has 1 aromatic heterocycles. The number of nitrogens with one attached hydrogen (secondary N) is 1. The van der Waals surface area contributed by atoms with Gasteiger partial charge in [-0.25, -0.2) is 0 Å². The summed E-state index contributed by atoms with van der Waals surface area (Å²) in [5, 5.41) is 10.8. The summed E-state index contributed by atoms with van der Waals surface area (Å²) in [7, 11) is 1.60. The van der Waals surface area contributed by atoms with Gasteiger partial charge in [0.25, 0.3) is 5.91 Å². The van der Waals surface area contributed by atoms with Gasteiger partial charge in [-0.15, -0.1) is 0 Å². The largest absolute Gasteiger partial charge is 0.496 e. The van der Waals surface area contributed by atoms with Crippen LogP contribution in [0, 0.1) is 5.92 Å². The molecular weight excluding hydrogens is 304 g/mol. The van der Waals surface area contributed by atoms with Crippen molar-refractivity contribution in [2.75, 3.05) is 13.7 Å². The molecule has 2 heterocycles. The molecule has 2 aliphatic rings. The molecule has 6 nitrogen and oxygen atoms in total. The van der Waals surface area contributed by atoms with Gasteiger partial charge in [0.2, 0.25) is 0 Å². The van der Waals surface area contributed by atoms with Crippen LogP contribution < -0.4 is 4.74 Å². The highest BCUT2D eigenvalue weighted by Gasteiger charge is 2.36. The summed E-state index contributed by atoms with van der Waals surface area (Å²) < 4.78 is 5.46. The van der Waals surface area contributed by atoms with Gasteiger partial charge in [0.1, 0.15) is 16.8 Å². The minimum Gasteiger partial charge on any atom is -0.496 e. The number of aromatic nitrogens is 3. The molecule has 1 aliphatic heterocycles. The van der Waals surface area contributed by atoms with Crippen LogP contribution in [0.5, 0.6) is 5.75 Å². The molecule has 1 aliphatic carbocycles. The summed E-state index contributed by atoms with van der Waals surface area (Å²) in [6.07, 6.45) is 8.69. The smallest absolute Gasteiger partial charge is 0.257 e. The normalized spacial score (nSPS) is 22.2. The van der Waals surface area contributed by atoms with E-state index in [1.54, 1.807) is 19.2 Å². The molecule has 2 aromatic rings. The number of carbonyl (C=O) groups excluding carboxylic acids is 1. The predicted molar refractivity (Wildman–Crippen MR) is 91.1 cm³/mol. The standard InChI is InChI=1S/C18H24N4O2/c1-24-17-11-15-14(19-21-20-15)10-13(17)18(23)22-9-5-8-16(22)12-6-3-2-4-7-12/h10-12,16H,2-9H2,1H3,(H,19,20,21). The molecule has 4 rings (SSSR count). The molecule has 1 saturated heterocycles. The Morgan fingerprint density at radius 1 is 1.12 bits per heavy atom. The van der Waals surface area contributed by atoms with E-state index in [1.807, 2.05) is 0 Å². The lowest BCUT2D eigenvalue weighted by Crippen LogP contribution is -2.40. The summed E-state index contributed by atoms with van der Waals surface area (Å²) >= 11 is 0. The van der Waals surface area contributed by atoms with Crippen molar-refractivity contribution < 1.29 is 9.53 Å². The Hall–Kier alpha value is -2.11. The van der Waals surface area contributed by atoms with E-state index in [0.717, 1.165) is 19.4 Å². The summed E-state index contributed by atoms with van der Waals surface area (Å²) in [6, 6.07) is 3.98. The maximum absolute atomic E-state index is 13.2. The fraction of sp³-hybridized carbons (Fsp3) is 0.611. The highest BCUT2D eigenvalue weighted by molar-refractivity contribution is 6.00. The third-order valence-electron chi connectivity index (χ3n) is 5.62. The molecule has 1 aromatic carbocycles. The third-order valence-corrected chi connectivity index (χ3v) is 5.62. The second-order valence-corrected chi connectivity index (χ2v) is 6.97. The minimum absolute atomic E-state index is 0.0739. The summed E-state index contributed by atoms with van der Waals surface area (Å²) in [5.74, 6) is 1.31. The number of hydrogen-bond donors (Lipinski definition) is 1. The number of methoxy groups -OCH3 is 1. The van der Waals surface area contributed by atoms with Gasteiger partial charge in [-0.05, 0) is 37.7 Å². The van der Waals surface area contributed by atoms with E-state index in [1.165, 1.54) is 32.1 Å². The fourth-order valence-corrected chi connectivity index (χ4v) is 4.41. The van der Waals surface area contributed by atoms with Crippen molar-refractivity contribution in [2.24, 2.45) is 5.92 Å². The number of hydrogen-bond acceptors (Lipinski definition) is 4. The van der Waals surface area contributed by atoms with Gasteiger partial charge < -0.3 is 9.64 Å². The quantitative estimate of drug-likeness (QED) is 0.939. The second kappa shape index (κ2) is 6.42. The van der Waals surface area contributed by atoms with Crippen LogP contribution in [0.3, 0.4) is 0 Å². The Balaban J connectivity index is 1.64. The molecule has 2 fully saturated rings. The van der Waals surface area contributed by atoms with Crippen LogP contribution in [-0.2, 0) is 0 Å². The predicted octanol–water partition coefficient (Wildman–Crippen LogP) is 3.15. The first-order valence-electron chi connectivity index (χ1n) is 8.97. The molecule has 24 heavy (non-hydrogen) atoms. The summed E-state index contributed by atoms with van der Waals surface area (Å²) in [5.41, 5.74) is 2.02. The number of likely N-dealkylation sites (tertiary alicyclic amines) is 1. The van der Waals surface area contributed by atoms with Crippen molar-refractivity contribution in [2.45, 2.75) is 51.0 Å². The Kier molecular flexibility index (Phi) is 4.12. The Morgan fingerprint density at radius 3 is 2.62 bits per heavy atom. The highest BCUT2D eigenvalue weighted by Crippen LogP contribution is 2.36. The van der Waals surface area contributed by atoms with E-state index in [0.29, 0.717) is 34.3 Å². The molecule has 1 N–H and O–H groups in total. The van der Waals surface area contributed by atoms with E-state index in [2.05, 4.69) is 20.3 Å². The van der Waals surface area contributed by atoms with Gasteiger partial charge in [-0.3, -0.25) is 4.79 Å². The highest BCUT2D eigenvalue weighted by atomic mass is 16.5. The van der Waals surface area contributed by atoms with Crippen molar-refractivity contribution in [3.63, 3.8) is 0 Å². The van der Waals surface area contributed by atoms with Crippen molar-refractivity contribution in [3.8, 4) is 5.75 Å². The topological polar surface area (TPSA) is 71.1 Å². The average Bonchev–Trinajstić information content (AvgIpc) is 3.29. The Labute approximate surface area is 141 Å². The van der Waals surface area contributed by atoms with Crippen LogP contribution in [0.2, 0.25) is 0 Å². The van der Waals surface area contributed by atoms with E-state index < -0.39 is 0 Å². The second-order valence-electron chi connectivity index (χ2n) is 6.97. The number of amides is 1. The SMILES string of the molecule is COc1cc2n[nH]nc2cc1C(=O)N1CCCC1C1CCCCC1. The number of nitrogens with zero attached hydrogens (tertiary/aromatic N) is 3. The molecule has 1 saturated carbocycles. The van der Waals surface area contributed by atoms with E-state index in [9.17, 15) is 4.79 Å². The van der Waals surface area contributed by atoms with Gasteiger partial charge >= 0.3 is 0 Å². The average molecular weight is 328 g/mol. The molecule has 0 spiro atoms. The molecule has 128 valence electrons. The van der Waals surface area contributed by atoms with Gasteiger partial charge in [0.05, 0.1) is 12.7 Å². The molecular formula is C18H24N4O2. The van der Waals surface area contributed by atoms with Crippen LogP contribution in [0.15, 0.2) is 12.1 Å². The van der Waals surface area contributed by atoms with Gasteiger partial charge in [0, 0.05) is 18.7 Å². The zero-order chi connectivity index (χ0) is 16.5. The zero-order valence-electron chi connectivity index (χ0n) is 14.1. The number of fused-ring (bicyclic) bond motifs is 1. The fourth-order valence-electron chi connectivity index (χ4n) is 4.41. The lowest BCUT2D eigenvalue weighted by Gasteiger charge is -2.34. The van der Waals surface area contributed by atoms with Crippen LogP contribution in [-0.4, -0.2) is 45.9 Å². The Morgan fingerprint density at radius 2 is 1.88 bits per heavy atom. The lowest BCUT2D eigenvalue weighted by atomic mass is 9.83. The maximum Gasteiger partial charge on any atom is 0.257 e. The number of benzene rings is 1. The number of rotatable bonds is 3. The van der Waals surface area contributed by atoms with Crippen molar-refractivity contribution in [3.05, 3.63) is 17.7 Å². The van der Waals surface area contributed by atoms with Crippen LogP contribution >= 0.6 is 0 Å². The first-order chi connectivity index (χ1) is 11.8. The minimum atomic E-state index is 0.0739. The van der Waals surface area contributed by atoms with Gasteiger partial charge in [0.15, 0.2) is 0 Å². The van der Waals surface area contributed by atoms with E-state index in [-0.39, 0.29) is 5.91 Å².